The minimum absolute atomic E-state index is 0.111. The Labute approximate surface area is 117 Å². The van der Waals surface area contributed by atoms with Crippen molar-refractivity contribution in [3.63, 3.8) is 0 Å². The van der Waals surface area contributed by atoms with Crippen molar-refractivity contribution < 1.29 is 9.72 Å². The first-order valence-corrected chi connectivity index (χ1v) is 6.35. The van der Waals surface area contributed by atoms with Crippen LogP contribution in [0.1, 0.15) is 30.6 Å². The van der Waals surface area contributed by atoms with Crippen molar-refractivity contribution in [3.8, 4) is 6.07 Å². The average Bonchev–Trinajstić information content (AvgIpc) is 2.42. The number of benzene rings is 1. The average molecular weight is 275 g/mol. The van der Waals surface area contributed by atoms with Crippen molar-refractivity contribution in [1.29, 1.82) is 5.26 Å². The summed E-state index contributed by atoms with van der Waals surface area (Å²) in [6.45, 7) is 5.24. The smallest absolute Gasteiger partial charge is 0.270 e. The molecule has 0 aliphatic heterocycles. The van der Waals surface area contributed by atoms with Gasteiger partial charge in [-0.2, -0.15) is 5.26 Å². The highest BCUT2D eigenvalue weighted by atomic mass is 16.6. The van der Waals surface area contributed by atoms with Gasteiger partial charge in [-0.1, -0.05) is 13.8 Å². The minimum atomic E-state index is -0.529. The fraction of sp³-hybridized carbons (Fsp3) is 0.429. The molecule has 0 aromatic heterocycles. The van der Waals surface area contributed by atoms with Crippen LogP contribution in [-0.2, 0) is 0 Å². The van der Waals surface area contributed by atoms with Crippen molar-refractivity contribution in [1.82, 2.24) is 0 Å². The Balaban J connectivity index is 3.14. The molecule has 0 radical (unpaired) electrons. The van der Waals surface area contributed by atoms with E-state index in [4.69, 9.17) is 5.26 Å². The molecule has 0 fully saturated rings. The second kappa shape index (κ2) is 7.24. The molecule has 0 atom stereocenters. The van der Waals surface area contributed by atoms with Crippen molar-refractivity contribution in [2.75, 3.05) is 18.0 Å². The van der Waals surface area contributed by atoms with Gasteiger partial charge in [0.2, 0.25) is 0 Å². The van der Waals surface area contributed by atoms with E-state index in [1.165, 1.54) is 12.1 Å². The molecule has 1 aromatic carbocycles. The van der Waals surface area contributed by atoms with E-state index < -0.39 is 4.92 Å². The van der Waals surface area contributed by atoms with Crippen LogP contribution in [0, 0.1) is 27.4 Å². The minimum Gasteiger partial charge on any atom is -0.370 e. The van der Waals surface area contributed by atoms with Crippen LogP contribution in [0.25, 0.3) is 0 Å². The zero-order valence-electron chi connectivity index (χ0n) is 11.6. The molecule has 0 unspecified atom stereocenters. The maximum Gasteiger partial charge on any atom is 0.270 e. The quantitative estimate of drug-likeness (QED) is 0.434. The van der Waals surface area contributed by atoms with Gasteiger partial charge in [-0.25, -0.2) is 0 Å². The van der Waals surface area contributed by atoms with E-state index in [9.17, 15) is 14.9 Å². The Kier molecular flexibility index (Phi) is 5.66. The van der Waals surface area contributed by atoms with Gasteiger partial charge >= 0.3 is 0 Å². The Morgan fingerprint density at radius 3 is 2.70 bits per heavy atom. The maximum atomic E-state index is 11.2. The van der Waals surface area contributed by atoms with E-state index >= 15 is 0 Å². The van der Waals surface area contributed by atoms with Gasteiger partial charge in [0, 0.05) is 36.5 Å². The van der Waals surface area contributed by atoms with E-state index in [2.05, 4.69) is 6.07 Å². The first kappa shape index (κ1) is 15.6. The zero-order chi connectivity index (χ0) is 15.1. The van der Waals surface area contributed by atoms with Gasteiger partial charge in [-0.05, 0) is 12.0 Å². The number of rotatable bonds is 7. The van der Waals surface area contributed by atoms with Gasteiger partial charge in [0.1, 0.15) is 0 Å². The summed E-state index contributed by atoms with van der Waals surface area (Å²) in [5.74, 6) is 0.350. The summed E-state index contributed by atoms with van der Waals surface area (Å²) in [6, 6.07) is 6.28. The Morgan fingerprint density at radius 1 is 1.50 bits per heavy atom. The second-order valence-corrected chi connectivity index (χ2v) is 4.87. The molecule has 0 N–H and O–H groups in total. The number of nitriles is 1. The molecular formula is C14H17N3O3. The molecule has 0 saturated carbocycles. The lowest BCUT2D eigenvalue weighted by atomic mass is 10.1. The number of non-ortho nitro benzene ring substituents is 1. The monoisotopic (exact) mass is 275 g/mol. The molecule has 0 saturated heterocycles. The molecule has 0 amide bonds. The number of carbonyl (C=O) groups excluding carboxylic acids is 1. The molecule has 0 bridgehead atoms. The Morgan fingerprint density at radius 2 is 2.20 bits per heavy atom. The highest BCUT2D eigenvalue weighted by Crippen LogP contribution is 2.25. The van der Waals surface area contributed by atoms with Crippen LogP contribution < -0.4 is 4.90 Å². The number of hydrogen-bond acceptors (Lipinski definition) is 5. The lowest BCUT2D eigenvalue weighted by Gasteiger charge is -2.26. The third-order valence-electron chi connectivity index (χ3n) is 2.77. The summed E-state index contributed by atoms with van der Waals surface area (Å²) in [5.41, 5.74) is 0.799. The molecule has 6 heteroatoms. The molecule has 6 nitrogen and oxygen atoms in total. The lowest BCUT2D eigenvalue weighted by Crippen LogP contribution is -2.29. The van der Waals surface area contributed by atoms with E-state index in [0.29, 0.717) is 37.4 Å². The van der Waals surface area contributed by atoms with E-state index in [0.717, 1.165) is 0 Å². The number of hydrogen-bond donors (Lipinski definition) is 0. The third-order valence-corrected chi connectivity index (χ3v) is 2.77. The third kappa shape index (κ3) is 4.05. The Hall–Kier alpha value is -2.42. The molecule has 0 aliphatic rings. The van der Waals surface area contributed by atoms with Gasteiger partial charge < -0.3 is 4.90 Å². The molecule has 0 spiro atoms. The van der Waals surface area contributed by atoms with E-state index in [1.807, 2.05) is 18.7 Å². The summed E-state index contributed by atoms with van der Waals surface area (Å²) in [5, 5.41) is 19.4. The van der Waals surface area contributed by atoms with Crippen LogP contribution in [0.4, 0.5) is 11.4 Å². The van der Waals surface area contributed by atoms with Crippen molar-refractivity contribution in [2.45, 2.75) is 20.3 Å². The van der Waals surface area contributed by atoms with Gasteiger partial charge in [0.15, 0.2) is 6.29 Å². The largest absolute Gasteiger partial charge is 0.370 e. The van der Waals surface area contributed by atoms with Gasteiger partial charge in [-0.15, -0.1) is 0 Å². The SMILES string of the molecule is CC(C)CN(CCC#N)c1ccc([N+](=O)[O-])cc1C=O. The first-order valence-electron chi connectivity index (χ1n) is 6.35. The van der Waals surface area contributed by atoms with Crippen molar-refractivity contribution in [2.24, 2.45) is 5.92 Å². The Bertz CT molecular complexity index is 535. The maximum absolute atomic E-state index is 11.2. The number of carbonyl (C=O) groups is 1. The second-order valence-electron chi connectivity index (χ2n) is 4.87. The molecule has 1 aromatic rings. The summed E-state index contributed by atoms with van der Waals surface area (Å²) >= 11 is 0. The van der Waals surface area contributed by atoms with Crippen molar-refractivity contribution >= 4 is 17.7 Å². The van der Waals surface area contributed by atoms with E-state index in [-0.39, 0.29) is 11.3 Å². The molecule has 0 aliphatic carbocycles. The number of nitro benzene ring substituents is 1. The summed E-state index contributed by atoms with van der Waals surface area (Å²) in [4.78, 5) is 23.3. The normalized spacial score (nSPS) is 10.1. The summed E-state index contributed by atoms with van der Waals surface area (Å²) in [7, 11) is 0. The predicted molar refractivity (Wildman–Crippen MR) is 75.8 cm³/mol. The number of anilines is 1. The molecular weight excluding hydrogens is 258 g/mol. The fourth-order valence-corrected chi connectivity index (χ4v) is 1.97. The molecule has 20 heavy (non-hydrogen) atoms. The highest BCUT2D eigenvalue weighted by molar-refractivity contribution is 5.86. The van der Waals surface area contributed by atoms with E-state index in [1.54, 1.807) is 6.07 Å². The number of aldehydes is 1. The lowest BCUT2D eigenvalue weighted by molar-refractivity contribution is -0.384. The number of nitrogens with zero attached hydrogens (tertiary/aromatic N) is 3. The fourth-order valence-electron chi connectivity index (χ4n) is 1.97. The zero-order valence-corrected chi connectivity index (χ0v) is 11.6. The predicted octanol–water partition coefficient (Wildman–Crippen LogP) is 2.78. The van der Waals surface area contributed by atoms with Gasteiger partial charge in [0.25, 0.3) is 5.69 Å². The van der Waals surface area contributed by atoms with Crippen molar-refractivity contribution in [3.05, 3.63) is 33.9 Å². The van der Waals surface area contributed by atoms with Crippen LogP contribution >= 0.6 is 0 Å². The molecule has 0 heterocycles. The molecule has 106 valence electrons. The number of nitro groups is 1. The van der Waals surface area contributed by atoms with Gasteiger partial charge in [0.05, 0.1) is 17.4 Å². The van der Waals surface area contributed by atoms with Crippen LogP contribution in [0.3, 0.4) is 0 Å². The topological polar surface area (TPSA) is 87.2 Å². The highest BCUT2D eigenvalue weighted by Gasteiger charge is 2.16. The summed E-state index contributed by atoms with van der Waals surface area (Å²) < 4.78 is 0. The van der Waals surface area contributed by atoms with Crippen LogP contribution in [-0.4, -0.2) is 24.3 Å². The molecule has 1 rings (SSSR count). The van der Waals surface area contributed by atoms with Crippen LogP contribution in [0.5, 0.6) is 0 Å². The standard InChI is InChI=1S/C14H17N3O3/c1-11(2)9-16(7-3-6-15)14-5-4-13(17(19)20)8-12(14)10-18/h4-5,8,10-11H,3,7,9H2,1-2H3. The first-order chi connectivity index (χ1) is 9.49. The van der Waals surface area contributed by atoms with Crippen LogP contribution in [0.2, 0.25) is 0 Å². The summed E-state index contributed by atoms with van der Waals surface area (Å²) in [6.07, 6.45) is 0.948. The van der Waals surface area contributed by atoms with Gasteiger partial charge in [-0.3, -0.25) is 14.9 Å². The van der Waals surface area contributed by atoms with Crippen LogP contribution in [0.15, 0.2) is 18.2 Å².